The number of anilines is 2. The molecule has 4 aliphatic heterocycles. The molecule has 9 heteroatoms. The van der Waals surface area contributed by atoms with Crippen LogP contribution in [-0.4, -0.2) is 82.7 Å². The quantitative estimate of drug-likeness (QED) is 0.451. The summed E-state index contributed by atoms with van der Waals surface area (Å²) in [6, 6.07) is 7.08. The number of fused-ring (bicyclic) bond motifs is 2. The number of cyclic esters (lactones) is 1. The molecule has 1 N–H and O–H groups in total. The summed E-state index contributed by atoms with van der Waals surface area (Å²) in [5.74, 6) is -2.34. The van der Waals surface area contributed by atoms with Gasteiger partial charge in [-0.1, -0.05) is 24.3 Å². The molecule has 0 saturated carbocycles. The Kier molecular flexibility index (Phi) is 6.87. The van der Waals surface area contributed by atoms with Crippen molar-refractivity contribution in [3.8, 4) is 0 Å². The lowest BCUT2D eigenvalue weighted by atomic mass is 9.74. The van der Waals surface area contributed by atoms with Gasteiger partial charge in [0.1, 0.15) is 6.04 Å². The van der Waals surface area contributed by atoms with Gasteiger partial charge in [-0.3, -0.25) is 14.4 Å². The van der Waals surface area contributed by atoms with Gasteiger partial charge in [-0.2, -0.15) is 0 Å². The zero-order chi connectivity index (χ0) is 26.4. The number of carbonyl (C=O) groups is 3. The SMILES string of the molecule is CCN(CC)c1ccc(N2CC=C[C@]34S[C@]5(C)C=CCCOC(=O)[C@@H]5[C@H]3C(=O)N(CCO)C4C2=O)cc1. The highest BCUT2D eigenvalue weighted by atomic mass is 32.2. The molecule has 1 unspecified atom stereocenters. The molecule has 37 heavy (non-hydrogen) atoms. The Bertz CT molecular complexity index is 1130. The first-order valence-electron chi connectivity index (χ1n) is 13.1. The number of thioether (sulfide) groups is 1. The smallest absolute Gasteiger partial charge is 0.311 e. The van der Waals surface area contributed by atoms with E-state index in [-0.39, 0.29) is 31.6 Å². The summed E-state index contributed by atoms with van der Waals surface area (Å²) in [4.78, 5) is 46.9. The van der Waals surface area contributed by atoms with Gasteiger partial charge in [0.2, 0.25) is 5.91 Å². The second kappa shape index (κ2) is 9.83. The van der Waals surface area contributed by atoms with Crippen molar-refractivity contribution in [3.05, 3.63) is 48.6 Å². The third kappa shape index (κ3) is 3.98. The number of benzene rings is 1. The number of hydrogen-bond donors (Lipinski definition) is 1. The second-order valence-electron chi connectivity index (χ2n) is 10.2. The number of esters is 1. The molecule has 1 spiro atoms. The molecule has 4 heterocycles. The Morgan fingerprint density at radius 3 is 2.46 bits per heavy atom. The largest absolute Gasteiger partial charge is 0.465 e. The molecular weight excluding hydrogens is 490 g/mol. The summed E-state index contributed by atoms with van der Waals surface area (Å²) in [6.45, 7) is 8.35. The molecule has 0 aromatic heterocycles. The van der Waals surface area contributed by atoms with Crippen molar-refractivity contribution in [1.82, 2.24) is 4.90 Å². The number of carbonyl (C=O) groups excluding carboxylic acids is 3. The molecule has 5 atom stereocenters. The zero-order valence-electron chi connectivity index (χ0n) is 21.6. The van der Waals surface area contributed by atoms with Gasteiger partial charge in [0.15, 0.2) is 0 Å². The van der Waals surface area contributed by atoms with E-state index in [1.54, 1.807) is 4.90 Å². The van der Waals surface area contributed by atoms with Crippen molar-refractivity contribution in [1.29, 1.82) is 0 Å². The van der Waals surface area contributed by atoms with Crippen molar-refractivity contribution >= 4 is 40.9 Å². The van der Waals surface area contributed by atoms with Crippen LogP contribution in [0.2, 0.25) is 0 Å². The van der Waals surface area contributed by atoms with Gasteiger partial charge in [-0.05, 0) is 51.5 Å². The van der Waals surface area contributed by atoms with E-state index in [0.29, 0.717) is 13.0 Å². The molecule has 0 bridgehead atoms. The topological polar surface area (TPSA) is 90.4 Å². The number of rotatable bonds is 6. The lowest BCUT2D eigenvalue weighted by Crippen LogP contribution is -2.54. The highest BCUT2D eigenvalue weighted by molar-refractivity contribution is 8.02. The Morgan fingerprint density at radius 1 is 1.05 bits per heavy atom. The molecule has 1 aromatic rings. The Labute approximate surface area is 222 Å². The first kappa shape index (κ1) is 25.9. The first-order chi connectivity index (χ1) is 17.8. The van der Waals surface area contributed by atoms with Crippen LogP contribution in [0.25, 0.3) is 0 Å². The van der Waals surface area contributed by atoms with Crippen molar-refractivity contribution in [2.75, 3.05) is 49.2 Å². The average molecular weight is 526 g/mol. The number of nitrogens with zero attached hydrogens (tertiary/aromatic N) is 3. The summed E-state index contributed by atoms with van der Waals surface area (Å²) < 4.78 is 3.91. The minimum absolute atomic E-state index is 0.0327. The fourth-order valence-corrected chi connectivity index (χ4v) is 8.65. The highest BCUT2D eigenvalue weighted by Gasteiger charge is 2.73. The third-order valence-corrected chi connectivity index (χ3v) is 9.95. The lowest BCUT2D eigenvalue weighted by Gasteiger charge is -2.37. The Hall–Kier alpha value is -2.78. The van der Waals surface area contributed by atoms with Crippen LogP contribution in [-0.2, 0) is 19.1 Å². The number of likely N-dealkylation sites (tertiary alicyclic amines) is 1. The van der Waals surface area contributed by atoms with Gasteiger partial charge in [-0.15, -0.1) is 11.8 Å². The fourth-order valence-electron chi connectivity index (χ4n) is 6.50. The summed E-state index contributed by atoms with van der Waals surface area (Å²) in [7, 11) is 0. The van der Waals surface area contributed by atoms with Gasteiger partial charge in [0.25, 0.3) is 5.91 Å². The van der Waals surface area contributed by atoms with Gasteiger partial charge in [0, 0.05) is 42.3 Å². The molecule has 4 aliphatic rings. The van der Waals surface area contributed by atoms with Gasteiger partial charge in [-0.25, -0.2) is 0 Å². The fraction of sp³-hybridized carbons (Fsp3) is 0.536. The van der Waals surface area contributed by atoms with E-state index in [1.807, 2.05) is 55.5 Å². The van der Waals surface area contributed by atoms with Crippen molar-refractivity contribution in [2.45, 2.75) is 42.7 Å². The van der Waals surface area contributed by atoms with Gasteiger partial charge in [0.05, 0.1) is 29.8 Å². The van der Waals surface area contributed by atoms with E-state index in [0.717, 1.165) is 24.5 Å². The minimum atomic E-state index is -0.938. The number of aliphatic hydroxyl groups excluding tert-OH is 1. The maximum absolute atomic E-state index is 14.3. The molecular formula is C28H35N3O5S. The maximum Gasteiger partial charge on any atom is 0.311 e. The average Bonchev–Trinajstić information content (AvgIpc) is 3.19. The number of aliphatic hydroxyl groups is 1. The number of β-amino-alcohol motifs (C(OH)–C–C–N with tert-alkyl or cyclic N) is 1. The molecule has 2 fully saturated rings. The number of ether oxygens (including phenoxy) is 1. The predicted molar refractivity (Wildman–Crippen MR) is 145 cm³/mol. The van der Waals surface area contributed by atoms with Gasteiger partial charge >= 0.3 is 5.97 Å². The van der Waals surface area contributed by atoms with E-state index in [1.165, 1.54) is 16.7 Å². The van der Waals surface area contributed by atoms with Crippen molar-refractivity contribution < 1.29 is 24.2 Å². The maximum atomic E-state index is 14.3. The van der Waals surface area contributed by atoms with E-state index in [2.05, 4.69) is 18.7 Å². The zero-order valence-corrected chi connectivity index (χ0v) is 22.4. The molecule has 1 aromatic carbocycles. The van der Waals surface area contributed by atoms with Crippen LogP contribution < -0.4 is 9.80 Å². The number of hydrogen-bond acceptors (Lipinski definition) is 7. The van der Waals surface area contributed by atoms with Crippen LogP contribution in [0.5, 0.6) is 0 Å². The monoisotopic (exact) mass is 525 g/mol. The minimum Gasteiger partial charge on any atom is -0.465 e. The molecule has 0 aliphatic carbocycles. The van der Waals surface area contributed by atoms with Crippen LogP contribution >= 0.6 is 11.8 Å². The lowest BCUT2D eigenvalue weighted by molar-refractivity contribution is -0.154. The molecule has 8 nitrogen and oxygen atoms in total. The molecule has 5 rings (SSSR count). The standard InChI is InChI=1S/C28H35N3O5S/c1-4-29(5-2)19-9-11-20(12-10-19)30-15-8-14-28-21(24(33)31(16-17-32)23(28)25(30)34)22-26(35)36-18-7-6-13-27(22,3)37-28/h6,8-14,21-23,32H,4-5,7,15-18H2,1-3H3/t21-,22-,23?,27+,28-/m0/s1. The summed E-state index contributed by atoms with van der Waals surface area (Å²) in [6.07, 6.45) is 8.56. The van der Waals surface area contributed by atoms with Gasteiger partial charge < -0.3 is 24.5 Å². The number of amides is 2. The molecule has 2 amide bonds. The van der Waals surface area contributed by atoms with Crippen molar-refractivity contribution in [2.24, 2.45) is 11.8 Å². The summed E-state index contributed by atoms with van der Waals surface area (Å²) in [5.41, 5.74) is 1.84. The van der Waals surface area contributed by atoms with Crippen molar-refractivity contribution in [3.63, 3.8) is 0 Å². The van der Waals surface area contributed by atoms with E-state index in [4.69, 9.17) is 4.74 Å². The molecule has 2 saturated heterocycles. The third-order valence-electron chi connectivity index (χ3n) is 8.15. The van der Waals surface area contributed by atoms with E-state index >= 15 is 0 Å². The van der Waals surface area contributed by atoms with E-state index < -0.39 is 33.3 Å². The van der Waals surface area contributed by atoms with E-state index in [9.17, 15) is 19.5 Å². The van der Waals surface area contributed by atoms with Crippen LogP contribution in [0.15, 0.2) is 48.6 Å². The summed E-state index contributed by atoms with van der Waals surface area (Å²) >= 11 is 1.51. The normalized spacial score (nSPS) is 32.9. The van der Waals surface area contributed by atoms with Crippen LogP contribution in [0.1, 0.15) is 27.2 Å². The Balaban J connectivity index is 1.57. The Morgan fingerprint density at radius 2 is 1.78 bits per heavy atom. The summed E-state index contributed by atoms with van der Waals surface area (Å²) in [5, 5.41) is 9.83. The first-order valence-corrected chi connectivity index (χ1v) is 13.9. The highest BCUT2D eigenvalue weighted by Crippen LogP contribution is 2.65. The second-order valence-corrected chi connectivity index (χ2v) is 11.9. The van der Waals surface area contributed by atoms with Crippen LogP contribution in [0.3, 0.4) is 0 Å². The molecule has 198 valence electrons. The van der Waals surface area contributed by atoms with Crippen LogP contribution in [0, 0.1) is 11.8 Å². The molecule has 0 radical (unpaired) electrons. The predicted octanol–water partition coefficient (Wildman–Crippen LogP) is 2.62. The van der Waals surface area contributed by atoms with Crippen LogP contribution in [0.4, 0.5) is 11.4 Å².